The van der Waals surface area contributed by atoms with E-state index in [0.29, 0.717) is 21.8 Å². The van der Waals surface area contributed by atoms with Crippen molar-refractivity contribution in [1.29, 1.82) is 0 Å². The molecule has 8 heteroatoms. The molecular weight excluding hydrogens is 438 g/mol. The van der Waals surface area contributed by atoms with Gasteiger partial charge in [0.15, 0.2) is 0 Å². The van der Waals surface area contributed by atoms with Crippen molar-refractivity contribution in [3.63, 3.8) is 0 Å². The van der Waals surface area contributed by atoms with E-state index in [1.54, 1.807) is 22.0 Å². The number of benzene rings is 1. The van der Waals surface area contributed by atoms with E-state index >= 15 is 0 Å². The Kier molecular flexibility index (Phi) is 5.53. The molecule has 30 heavy (non-hydrogen) atoms. The molecular formula is C22H20ClN3O2S2. The largest absolute Gasteiger partial charge is 0.477 e. The average Bonchev–Trinajstić information content (AvgIpc) is 3.35. The SMILES string of the molecule is CC(C)(C)c1ccc(SNc2ccc(Cl)c3cc(-c4ccsc4C(=O)O)nn23)cc1. The molecule has 1 aromatic carbocycles. The minimum atomic E-state index is -0.962. The number of aromatic nitrogens is 2. The van der Waals surface area contributed by atoms with Gasteiger partial charge in [0.25, 0.3) is 0 Å². The molecule has 0 aliphatic rings. The molecule has 5 nitrogen and oxygen atoms in total. The van der Waals surface area contributed by atoms with E-state index in [-0.39, 0.29) is 10.3 Å². The summed E-state index contributed by atoms with van der Waals surface area (Å²) < 4.78 is 5.04. The fraction of sp³-hybridized carbons (Fsp3) is 0.182. The van der Waals surface area contributed by atoms with Crippen LogP contribution in [0.15, 0.2) is 58.8 Å². The first kappa shape index (κ1) is 20.8. The Labute approximate surface area is 187 Å². The number of carboxylic acids is 1. The summed E-state index contributed by atoms with van der Waals surface area (Å²) in [5, 5.41) is 16.3. The van der Waals surface area contributed by atoms with Crippen LogP contribution in [0.4, 0.5) is 5.82 Å². The molecule has 0 atom stereocenters. The molecule has 3 aromatic heterocycles. The van der Waals surface area contributed by atoms with Crippen molar-refractivity contribution in [2.24, 2.45) is 0 Å². The Morgan fingerprint density at radius 2 is 1.90 bits per heavy atom. The Hall–Kier alpha value is -2.48. The van der Waals surface area contributed by atoms with E-state index in [1.807, 2.05) is 12.1 Å². The van der Waals surface area contributed by atoms with Gasteiger partial charge in [-0.25, -0.2) is 9.31 Å². The third kappa shape index (κ3) is 4.05. The quantitative estimate of drug-likeness (QED) is 0.321. The summed E-state index contributed by atoms with van der Waals surface area (Å²) in [6.07, 6.45) is 0. The van der Waals surface area contributed by atoms with Crippen molar-refractivity contribution in [3.05, 3.63) is 69.4 Å². The Morgan fingerprint density at radius 1 is 1.17 bits per heavy atom. The fourth-order valence-corrected chi connectivity index (χ4v) is 4.65. The first-order chi connectivity index (χ1) is 14.2. The second-order valence-corrected chi connectivity index (χ2v) is 10.0. The van der Waals surface area contributed by atoms with Crippen molar-refractivity contribution in [2.75, 3.05) is 4.72 Å². The number of nitrogens with zero attached hydrogens (tertiary/aromatic N) is 2. The van der Waals surface area contributed by atoms with Gasteiger partial charge in [0, 0.05) is 10.5 Å². The molecule has 0 saturated carbocycles. The van der Waals surface area contributed by atoms with Crippen LogP contribution in [0.5, 0.6) is 0 Å². The number of anilines is 1. The molecule has 0 radical (unpaired) electrons. The summed E-state index contributed by atoms with van der Waals surface area (Å²) in [7, 11) is 0. The maximum Gasteiger partial charge on any atom is 0.346 e. The number of aromatic carboxylic acids is 1. The van der Waals surface area contributed by atoms with Gasteiger partial charge in [-0.3, -0.25) is 0 Å². The predicted octanol–water partition coefficient (Wildman–Crippen LogP) is 6.83. The second kappa shape index (κ2) is 7.98. The molecule has 0 aliphatic carbocycles. The number of hydrogen-bond acceptors (Lipinski definition) is 5. The molecule has 4 aromatic rings. The summed E-state index contributed by atoms with van der Waals surface area (Å²) in [6, 6.07) is 15.7. The zero-order valence-corrected chi connectivity index (χ0v) is 19.0. The average molecular weight is 458 g/mol. The van der Waals surface area contributed by atoms with Crippen LogP contribution in [0.2, 0.25) is 5.02 Å². The highest BCUT2D eigenvalue weighted by Crippen LogP contribution is 2.33. The van der Waals surface area contributed by atoms with Gasteiger partial charge in [0.1, 0.15) is 10.7 Å². The second-order valence-electron chi connectivity index (χ2n) is 7.84. The first-order valence-corrected chi connectivity index (χ1v) is 11.3. The van der Waals surface area contributed by atoms with Crippen molar-refractivity contribution in [1.82, 2.24) is 9.61 Å². The number of rotatable bonds is 5. The topological polar surface area (TPSA) is 66.6 Å². The van der Waals surface area contributed by atoms with Crippen LogP contribution < -0.4 is 4.72 Å². The van der Waals surface area contributed by atoms with Gasteiger partial charge in [0.05, 0.1) is 16.2 Å². The summed E-state index contributed by atoms with van der Waals surface area (Å²) in [6.45, 7) is 6.57. The molecule has 0 amide bonds. The predicted molar refractivity (Wildman–Crippen MR) is 125 cm³/mol. The molecule has 0 spiro atoms. The smallest absolute Gasteiger partial charge is 0.346 e. The zero-order valence-electron chi connectivity index (χ0n) is 16.6. The summed E-state index contributed by atoms with van der Waals surface area (Å²) in [4.78, 5) is 12.8. The third-order valence-electron chi connectivity index (χ3n) is 4.70. The van der Waals surface area contributed by atoms with Crippen molar-refractivity contribution < 1.29 is 9.90 Å². The third-order valence-corrected chi connectivity index (χ3v) is 6.74. The summed E-state index contributed by atoms with van der Waals surface area (Å²) in [5.41, 5.74) is 3.26. The van der Waals surface area contributed by atoms with E-state index < -0.39 is 5.97 Å². The molecule has 0 aliphatic heterocycles. The van der Waals surface area contributed by atoms with Crippen LogP contribution in [0.1, 0.15) is 36.0 Å². The van der Waals surface area contributed by atoms with Crippen molar-refractivity contribution in [3.8, 4) is 11.3 Å². The lowest BCUT2D eigenvalue weighted by molar-refractivity contribution is 0.0703. The van der Waals surface area contributed by atoms with Gasteiger partial charge in [-0.05, 0) is 64.7 Å². The van der Waals surface area contributed by atoms with Crippen LogP contribution in [0.3, 0.4) is 0 Å². The number of fused-ring (bicyclic) bond motifs is 1. The lowest BCUT2D eigenvalue weighted by atomic mass is 9.87. The van der Waals surface area contributed by atoms with E-state index in [1.165, 1.54) is 28.8 Å². The van der Waals surface area contributed by atoms with Crippen LogP contribution >= 0.6 is 34.9 Å². The van der Waals surface area contributed by atoms with Crippen LogP contribution in [0.25, 0.3) is 16.8 Å². The standard InChI is InChI=1S/C22H20ClN3O2S2/c1-22(2,3)13-4-6-14(7-5-13)30-25-19-9-8-16(23)18-12-17(24-26(18)19)15-10-11-29-20(15)21(27)28/h4-12,25H,1-3H3,(H,27,28). The lowest BCUT2D eigenvalue weighted by Gasteiger charge is -2.19. The number of halogens is 1. The maximum absolute atomic E-state index is 11.5. The normalized spacial score (nSPS) is 11.7. The molecule has 4 rings (SSSR count). The number of pyridine rings is 1. The van der Waals surface area contributed by atoms with Gasteiger partial charge in [0.2, 0.25) is 0 Å². The van der Waals surface area contributed by atoms with E-state index in [2.05, 4.69) is 54.9 Å². The molecule has 0 fully saturated rings. The summed E-state index contributed by atoms with van der Waals surface area (Å²) >= 11 is 9.04. The number of carbonyl (C=O) groups is 1. The maximum atomic E-state index is 11.5. The Balaban J connectivity index is 1.63. The lowest BCUT2D eigenvalue weighted by Crippen LogP contribution is -2.10. The van der Waals surface area contributed by atoms with E-state index in [4.69, 9.17) is 11.6 Å². The van der Waals surface area contributed by atoms with Crippen LogP contribution in [-0.2, 0) is 5.41 Å². The number of carboxylic acid groups (broad SMARTS) is 1. The Morgan fingerprint density at radius 3 is 2.57 bits per heavy atom. The minimum absolute atomic E-state index is 0.112. The van der Waals surface area contributed by atoms with Crippen molar-refractivity contribution in [2.45, 2.75) is 31.1 Å². The van der Waals surface area contributed by atoms with Gasteiger partial charge in [-0.1, -0.05) is 44.5 Å². The zero-order chi connectivity index (χ0) is 21.5. The Bertz CT molecular complexity index is 1220. The number of thiophene rings is 1. The molecule has 0 saturated heterocycles. The summed E-state index contributed by atoms with van der Waals surface area (Å²) in [5.74, 6) is -0.214. The van der Waals surface area contributed by atoms with Crippen LogP contribution in [-0.4, -0.2) is 20.7 Å². The van der Waals surface area contributed by atoms with E-state index in [0.717, 1.165) is 10.7 Å². The van der Waals surface area contributed by atoms with Gasteiger partial charge < -0.3 is 9.83 Å². The highest BCUT2D eigenvalue weighted by atomic mass is 35.5. The molecule has 0 unspecified atom stereocenters. The first-order valence-electron chi connectivity index (χ1n) is 9.27. The molecule has 154 valence electrons. The van der Waals surface area contributed by atoms with Gasteiger partial charge in [-0.15, -0.1) is 11.3 Å². The highest BCUT2D eigenvalue weighted by molar-refractivity contribution is 8.00. The number of hydrogen-bond donors (Lipinski definition) is 2. The highest BCUT2D eigenvalue weighted by Gasteiger charge is 2.18. The van der Waals surface area contributed by atoms with Crippen LogP contribution in [0, 0.1) is 0 Å². The van der Waals surface area contributed by atoms with Crippen molar-refractivity contribution >= 4 is 52.2 Å². The molecule has 2 N–H and O–H groups in total. The minimum Gasteiger partial charge on any atom is -0.477 e. The number of nitrogens with one attached hydrogen (secondary N) is 1. The molecule has 0 bridgehead atoms. The van der Waals surface area contributed by atoms with Gasteiger partial charge >= 0.3 is 5.97 Å². The van der Waals surface area contributed by atoms with Gasteiger partial charge in [-0.2, -0.15) is 5.10 Å². The monoisotopic (exact) mass is 457 g/mol. The van der Waals surface area contributed by atoms with E-state index in [9.17, 15) is 9.90 Å². The molecule has 3 heterocycles. The fourth-order valence-electron chi connectivity index (χ4n) is 3.06.